The summed E-state index contributed by atoms with van der Waals surface area (Å²) >= 11 is 0. The predicted molar refractivity (Wildman–Crippen MR) is 85.0 cm³/mol. The average molecular weight is 256 g/mol. The topological polar surface area (TPSA) is 0 Å². The molecule has 0 bridgehead atoms. The van der Waals surface area contributed by atoms with Crippen molar-refractivity contribution >= 4 is 0 Å². The van der Waals surface area contributed by atoms with Gasteiger partial charge in [-0.3, -0.25) is 0 Å². The van der Waals surface area contributed by atoms with Crippen LogP contribution in [0.4, 0.5) is 0 Å². The second-order valence-corrected chi connectivity index (χ2v) is 7.42. The van der Waals surface area contributed by atoms with E-state index in [4.69, 9.17) is 0 Å². The highest BCUT2D eigenvalue weighted by molar-refractivity contribution is 5.47. The number of rotatable bonds is 3. The van der Waals surface area contributed by atoms with Gasteiger partial charge in [-0.2, -0.15) is 0 Å². The molecule has 0 spiro atoms. The van der Waals surface area contributed by atoms with Gasteiger partial charge in [0.05, 0.1) is 0 Å². The van der Waals surface area contributed by atoms with Crippen molar-refractivity contribution in [1.29, 1.82) is 0 Å². The van der Waals surface area contributed by atoms with Crippen LogP contribution in [0.15, 0.2) is 24.8 Å². The number of fused-ring (bicyclic) bond motifs is 1. The van der Waals surface area contributed by atoms with E-state index in [1.54, 1.807) is 11.1 Å². The molecule has 104 valence electrons. The van der Waals surface area contributed by atoms with E-state index in [9.17, 15) is 0 Å². The van der Waals surface area contributed by atoms with Crippen molar-refractivity contribution in [3.63, 3.8) is 0 Å². The SMILES string of the molecule is C=CCCc1cc2c(cc1C)C(C)(C)CCC2(C)C. The van der Waals surface area contributed by atoms with Crippen LogP contribution in [-0.4, -0.2) is 0 Å². The number of allylic oxidation sites excluding steroid dienone is 1. The molecule has 0 heterocycles. The quantitative estimate of drug-likeness (QED) is 0.630. The smallest absolute Gasteiger partial charge is 0.0100 e. The molecule has 0 fully saturated rings. The van der Waals surface area contributed by atoms with Crippen molar-refractivity contribution in [2.75, 3.05) is 0 Å². The lowest BCUT2D eigenvalue weighted by Crippen LogP contribution is -2.34. The Labute approximate surface area is 118 Å². The highest BCUT2D eigenvalue weighted by Crippen LogP contribution is 2.46. The maximum atomic E-state index is 3.84. The largest absolute Gasteiger partial charge is 0.103 e. The molecule has 0 atom stereocenters. The molecule has 1 aromatic carbocycles. The predicted octanol–water partition coefficient (Wildman–Crippen LogP) is 5.46. The first-order valence-corrected chi connectivity index (χ1v) is 7.53. The summed E-state index contributed by atoms with van der Waals surface area (Å²) in [5.41, 5.74) is 6.75. The van der Waals surface area contributed by atoms with Crippen molar-refractivity contribution in [2.45, 2.75) is 71.1 Å². The van der Waals surface area contributed by atoms with Crippen molar-refractivity contribution in [1.82, 2.24) is 0 Å². The van der Waals surface area contributed by atoms with Crippen molar-refractivity contribution in [2.24, 2.45) is 0 Å². The van der Waals surface area contributed by atoms with E-state index in [2.05, 4.69) is 53.3 Å². The molecule has 0 heteroatoms. The van der Waals surface area contributed by atoms with Crippen molar-refractivity contribution in [3.05, 3.63) is 47.0 Å². The molecule has 0 aromatic heterocycles. The van der Waals surface area contributed by atoms with Gasteiger partial charge in [0.2, 0.25) is 0 Å². The van der Waals surface area contributed by atoms with Gasteiger partial charge in [-0.1, -0.05) is 45.9 Å². The van der Waals surface area contributed by atoms with Crippen LogP contribution < -0.4 is 0 Å². The van der Waals surface area contributed by atoms with Crippen LogP contribution in [0, 0.1) is 6.92 Å². The first-order chi connectivity index (χ1) is 8.78. The molecule has 2 rings (SSSR count). The standard InChI is InChI=1S/C19H28/c1-7-8-9-15-13-17-16(12-14(15)2)18(3,4)10-11-19(17,5)6/h7,12-13H,1,8-11H2,2-6H3. The zero-order valence-corrected chi connectivity index (χ0v) is 13.3. The molecule has 0 saturated carbocycles. The molecule has 0 aliphatic heterocycles. The third-order valence-electron chi connectivity index (χ3n) is 4.93. The van der Waals surface area contributed by atoms with Crippen LogP contribution in [0.25, 0.3) is 0 Å². The highest BCUT2D eigenvalue weighted by atomic mass is 14.4. The monoisotopic (exact) mass is 256 g/mol. The fourth-order valence-electron chi connectivity index (χ4n) is 3.29. The van der Waals surface area contributed by atoms with Crippen LogP contribution >= 0.6 is 0 Å². The third-order valence-corrected chi connectivity index (χ3v) is 4.93. The summed E-state index contributed by atoms with van der Waals surface area (Å²) in [7, 11) is 0. The van der Waals surface area contributed by atoms with E-state index in [0.29, 0.717) is 10.8 Å². The van der Waals surface area contributed by atoms with E-state index in [1.807, 2.05) is 6.08 Å². The second-order valence-electron chi connectivity index (χ2n) is 7.42. The lowest BCUT2D eigenvalue weighted by molar-refractivity contribution is 0.331. The molecule has 19 heavy (non-hydrogen) atoms. The van der Waals surface area contributed by atoms with E-state index in [0.717, 1.165) is 12.8 Å². The van der Waals surface area contributed by atoms with E-state index < -0.39 is 0 Å². The summed E-state index contributed by atoms with van der Waals surface area (Å²) in [6.07, 6.45) is 6.80. The average Bonchev–Trinajstić information content (AvgIpc) is 2.33. The molecule has 0 amide bonds. The molecular formula is C19H28. The van der Waals surface area contributed by atoms with E-state index >= 15 is 0 Å². The Kier molecular flexibility index (Phi) is 3.64. The number of benzene rings is 1. The second kappa shape index (κ2) is 4.81. The van der Waals surface area contributed by atoms with Gasteiger partial charge in [-0.05, 0) is 65.7 Å². The van der Waals surface area contributed by atoms with Gasteiger partial charge in [0.25, 0.3) is 0 Å². The number of hydrogen-bond acceptors (Lipinski definition) is 0. The van der Waals surface area contributed by atoms with Gasteiger partial charge in [0, 0.05) is 0 Å². The molecule has 1 aromatic rings. The Morgan fingerprint density at radius 2 is 1.58 bits per heavy atom. The van der Waals surface area contributed by atoms with Gasteiger partial charge in [0.15, 0.2) is 0 Å². The molecule has 0 N–H and O–H groups in total. The van der Waals surface area contributed by atoms with Crippen LogP contribution in [-0.2, 0) is 17.3 Å². The molecule has 0 nitrogen and oxygen atoms in total. The Morgan fingerprint density at radius 1 is 1.05 bits per heavy atom. The van der Waals surface area contributed by atoms with Gasteiger partial charge >= 0.3 is 0 Å². The Hall–Kier alpha value is -1.04. The maximum absolute atomic E-state index is 3.84. The lowest BCUT2D eigenvalue weighted by atomic mass is 9.62. The Bertz CT molecular complexity index is 489. The Morgan fingerprint density at radius 3 is 2.11 bits per heavy atom. The fourth-order valence-corrected chi connectivity index (χ4v) is 3.29. The van der Waals surface area contributed by atoms with Crippen molar-refractivity contribution in [3.8, 4) is 0 Å². The van der Waals surface area contributed by atoms with Crippen LogP contribution in [0.5, 0.6) is 0 Å². The van der Waals surface area contributed by atoms with Gasteiger partial charge in [0.1, 0.15) is 0 Å². The molecular weight excluding hydrogens is 228 g/mol. The van der Waals surface area contributed by atoms with Crippen molar-refractivity contribution < 1.29 is 0 Å². The normalized spacial score (nSPS) is 19.8. The third kappa shape index (κ3) is 2.63. The molecule has 0 saturated heterocycles. The molecule has 0 radical (unpaired) electrons. The van der Waals surface area contributed by atoms with Crippen LogP contribution in [0.1, 0.15) is 69.2 Å². The van der Waals surface area contributed by atoms with E-state index in [-0.39, 0.29) is 0 Å². The van der Waals surface area contributed by atoms with Crippen LogP contribution in [0.3, 0.4) is 0 Å². The zero-order valence-electron chi connectivity index (χ0n) is 13.3. The highest BCUT2D eigenvalue weighted by Gasteiger charge is 2.37. The van der Waals surface area contributed by atoms with E-state index in [1.165, 1.54) is 24.0 Å². The summed E-state index contributed by atoms with van der Waals surface area (Å²) in [6.45, 7) is 15.7. The summed E-state index contributed by atoms with van der Waals surface area (Å²) in [4.78, 5) is 0. The summed E-state index contributed by atoms with van der Waals surface area (Å²) in [5, 5.41) is 0. The van der Waals surface area contributed by atoms with Crippen LogP contribution in [0.2, 0.25) is 0 Å². The molecule has 1 aliphatic carbocycles. The Balaban J connectivity index is 2.54. The minimum absolute atomic E-state index is 0.321. The first-order valence-electron chi connectivity index (χ1n) is 7.53. The van der Waals surface area contributed by atoms with Gasteiger partial charge in [-0.15, -0.1) is 6.58 Å². The molecule has 1 aliphatic rings. The molecule has 0 unspecified atom stereocenters. The number of hydrogen-bond donors (Lipinski definition) is 0. The summed E-state index contributed by atoms with van der Waals surface area (Å²) in [6, 6.07) is 4.93. The minimum Gasteiger partial charge on any atom is -0.103 e. The van der Waals surface area contributed by atoms with Gasteiger partial charge < -0.3 is 0 Å². The lowest BCUT2D eigenvalue weighted by Gasteiger charge is -2.42. The summed E-state index contributed by atoms with van der Waals surface area (Å²) < 4.78 is 0. The fraction of sp³-hybridized carbons (Fsp3) is 0.579. The first kappa shape index (κ1) is 14.4. The number of aryl methyl sites for hydroxylation is 2. The zero-order chi connectivity index (χ0) is 14.3. The summed E-state index contributed by atoms with van der Waals surface area (Å²) in [5.74, 6) is 0. The minimum atomic E-state index is 0.321. The maximum Gasteiger partial charge on any atom is -0.0100 e. The van der Waals surface area contributed by atoms with Gasteiger partial charge in [-0.25, -0.2) is 0 Å².